The first kappa shape index (κ1) is 46.4. The van der Waals surface area contributed by atoms with E-state index in [0.717, 1.165) is 32.1 Å². The van der Waals surface area contributed by atoms with Gasteiger partial charge in [0.25, 0.3) is 0 Å². The van der Waals surface area contributed by atoms with Crippen LogP contribution >= 0.6 is 0 Å². The van der Waals surface area contributed by atoms with Gasteiger partial charge in [-0.25, -0.2) is 0 Å². The van der Waals surface area contributed by atoms with E-state index in [1.165, 1.54) is 95.6 Å². The molecule has 69 heavy (non-hydrogen) atoms. The number of hydrogen-bond acceptors (Lipinski definition) is 2. The summed E-state index contributed by atoms with van der Waals surface area (Å²) in [5.41, 5.74) is 15.1. The fourth-order valence-corrected chi connectivity index (χ4v) is 12.3. The highest BCUT2D eigenvalue weighted by molar-refractivity contribution is 5.96. The van der Waals surface area contributed by atoms with Crippen LogP contribution in [0.25, 0.3) is 22.8 Å². The summed E-state index contributed by atoms with van der Waals surface area (Å²) in [6.07, 6.45) is 40.8. The quantitative estimate of drug-likeness (QED) is 0.116. The third kappa shape index (κ3) is 9.16. The van der Waals surface area contributed by atoms with Crippen LogP contribution in [-0.4, -0.2) is 6.04 Å². The van der Waals surface area contributed by atoms with Gasteiger partial charge in [-0.1, -0.05) is 182 Å². The van der Waals surface area contributed by atoms with Gasteiger partial charge in [-0.05, 0) is 177 Å². The summed E-state index contributed by atoms with van der Waals surface area (Å²) < 4.78 is 0. The fourth-order valence-electron chi connectivity index (χ4n) is 12.3. The average molecular weight is 905 g/mol. The van der Waals surface area contributed by atoms with Gasteiger partial charge in [0.15, 0.2) is 0 Å². The molecule has 6 aliphatic rings. The maximum Gasteiger partial charge on any atom is 0.0556 e. The molecule has 2 nitrogen and oxygen atoms in total. The van der Waals surface area contributed by atoms with Crippen LogP contribution in [0.15, 0.2) is 205 Å². The Morgan fingerprint density at radius 1 is 0.681 bits per heavy atom. The molecule has 0 spiro atoms. The van der Waals surface area contributed by atoms with Crippen LogP contribution in [0.1, 0.15) is 99.0 Å². The molecule has 350 valence electrons. The minimum atomic E-state index is 0.0723. The second-order valence-electron chi connectivity index (χ2n) is 22.3. The topological polar surface area (TPSA) is 6.48 Å². The number of para-hydroxylation sites is 1. The fraction of sp³-hybridized carbons (Fsp3) is 0.313. The van der Waals surface area contributed by atoms with Crippen LogP contribution in [0.2, 0.25) is 0 Å². The Morgan fingerprint density at radius 3 is 2.20 bits per heavy atom. The van der Waals surface area contributed by atoms with Crippen molar-refractivity contribution in [3.63, 3.8) is 0 Å². The lowest BCUT2D eigenvalue weighted by atomic mass is 9.63. The maximum absolute atomic E-state index is 3.98. The number of benzene rings is 4. The van der Waals surface area contributed by atoms with Gasteiger partial charge in [0.05, 0.1) is 6.04 Å². The first-order chi connectivity index (χ1) is 33.4. The van der Waals surface area contributed by atoms with Crippen LogP contribution in [0.5, 0.6) is 0 Å². The van der Waals surface area contributed by atoms with Crippen LogP contribution < -0.4 is 30.7 Å². The molecule has 0 saturated carbocycles. The molecule has 0 fully saturated rings. The highest BCUT2D eigenvalue weighted by Gasteiger charge is 2.40. The van der Waals surface area contributed by atoms with Crippen molar-refractivity contribution < 1.29 is 0 Å². The lowest BCUT2D eigenvalue weighted by molar-refractivity contribution is 0.311. The molecular weight excluding hydrogens is 833 g/mol. The van der Waals surface area contributed by atoms with Crippen molar-refractivity contribution in [1.29, 1.82) is 0 Å². The molecule has 0 amide bonds. The van der Waals surface area contributed by atoms with E-state index >= 15 is 0 Å². The highest BCUT2D eigenvalue weighted by atomic mass is 15.2. The lowest BCUT2D eigenvalue weighted by Gasteiger charge is -2.42. The number of allylic oxidation sites excluding steroid dienone is 15. The normalized spacial score (nSPS) is 23.2. The average Bonchev–Trinajstić information content (AvgIpc) is 3.36. The van der Waals surface area contributed by atoms with Crippen LogP contribution in [0, 0.1) is 29.1 Å². The minimum absolute atomic E-state index is 0.0723. The van der Waals surface area contributed by atoms with E-state index in [0.29, 0.717) is 11.8 Å². The molecule has 10 rings (SSSR count). The van der Waals surface area contributed by atoms with Crippen molar-refractivity contribution in [3.8, 4) is 0 Å². The molecule has 4 aromatic carbocycles. The number of rotatable bonds is 10. The highest BCUT2D eigenvalue weighted by Crippen LogP contribution is 2.50. The molecule has 5 atom stereocenters. The minimum Gasteiger partial charge on any atom is -0.338 e. The smallest absolute Gasteiger partial charge is 0.0556 e. The molecule has 0 aromatic heterocycles. The Morgan fingerprint density at radius 2 is 1.45 bits per heavy atom. The summed E-state index contributed by atoms with van der Waals surface area (Å²) in [5.74, 6) is 1.56. The Hall–Kier alpha value is -6.38. The Labute approximate surface area is 413 Å². The maximum atomic E-state index is 3.98. The third-order valence-corrected chi connectivity index (χ3v) is 15.8. The summed E-state index contributed by atoms with van der Waals surface area (Å²) in [6.45, 7) is 20.1. The van der Waals surface area contributed by atoms with Gasteiger partial charge in [0, 0.05) is 40.3 Å². The zero-order chi connectivity index (χ0) is 47.9. The summed E-state index contributed by atoms with van der Waals surface area (Å²) in [6, 6.07) is 37.3. The van der Waals surface area contributed by atoms with E-state index in [9.17, 15) is 0 Å². The van der Waals surface area contributed by atoms with E-state index in [1.807, 2.05) is 12.2 Å². The number of fused-ring (bicyclic) bond motifs is 4. The van der Waals surface area contributed by atoms with E-state index in [-0.39, 0.29) is 28.7 Å². The SMILES string of the molecule is C=C/C=C\C=C(/C)N(c1ccc2c(c1)=C(C1C=CCC3CCC=CC31)C1=CC=C(N(c3ccccc3)c3ccc(C(C)(C)C)cc3)CC1C=2C1=c2ccccc2=CCC1)C1C=CC(C(C)(C)C)=CC1. The summed E-state index contributed by atoms with van der Waals surface area (Å²) >= 11 is 0. The second-order valence-corrected chi connectivity index (χ2v) is 22.3. The van der Waals surface area contributed by atoms with E-state index in [2.05, 4.69) is 235 Å². The second kappa shape index (κ2) is 19.2. The Balaban J connectivity index is 1.25. The number of hydrogen-bond donors (Lipinski definition) is 0. The van der Waals surface area contributed by atoms with Crippen LogP contribution in [0.4, 0.5) is 17.1 Å². The predicted octanol–water partition coefficient (Wildman–Crippen LogP) is 14.3. The molecule has 5 unspecified atom stereocenters. The number of nitrogens with zero attached hydrogens (tertiary/aromatic N) is 2. The van der Waals surface area contributed by atoms with Crippen LogP contribution in [0.3, 0.4) is 0 Å². The van der Waals surface area contributed by atoms with Crippen molar-refractivity contribution in [1.82, 2.24) is 0 Å². The molecule has 6 aliphatic carbocycles. The van der Waals surface area contributed by atoms with Gasteiger partial charge < -0.3 is 9.80 Å². The van der Waals surface area contributed by atoms with Crippen molar-refractivity contribution in [2.45, 2.75) is 105 Å². The van der Waals surface area contributed by atoms with Gasteiger partial charge in [0.1, 0.15) is 0 Å². The van der Waals surface area contributed by atoms with Crippen molar-refractivity contribution in [3.05, 3.63) is 232 Å². The van der Waals surface area contributed by atoms with Gasteiger partial charge >= 0.3 is 0 Å². The van der Waals surface area contributed by atoms with E-state index in [1.54, 1.807) is 0 Å². The van der Waals surface area contributed by atoms with Gasteiger partial charge in [0.2, 0.25) is 0 Å². The first-order valence-corrected chi connectivity index (χ1v) is 25.9. The summed E-state index contributed by atoms with van der Waals surface area (Å²) in [5, 5.41) is 5.56. The molecule has 2 heteroatoms. The molecule has 0 heterocycles. The Bertz CT molecular complexity index is 3140. The zero-order valence-corrected chi connectivity index (χ0v) is 42.3. The Kier molecular flexibility index (Phi) is 12.9. The molecule has 0 saturated heterocycles. The molecule has 0 N–H and O–H groups in total. The first-order valence-electron chi connectivity index (χ1n) is 25.9. The predicted molar refractivity (Wildman–Crippen MR) is 297 cm³/mol. The van der Waals surface area contributed by atoms with Gasteiger partial charge in [-0.3, -0.25) is 0 Å². The summed E-state index contributed by atoms with van der Waals surface area (Å²) in [4.78, 5) is 5.13. The molecule has 4 aromatic rings. The van der Waals surface area contributed by atoms with E-state index in [4.69, 9.17) is 0 Å². The summed E-state index contributed by atoms with van der Waals surface area (Å²) in [7, 11) is 0. The van der Waals surface area contributed by atoms with Gasteiger partial charge in [-0.2, -0.15) is 0 Å². The molecular formula is C67H72N2. The lowest BCUT2D eigenvalue weighted by Crippen LogP contribution is -2.44. The van der Waals surface area contributed by atoms with Crippen LogP contribution in [-0.2, 0) is 5.41 Å². The molecule has 0 aliphatic heterocycles. The van der Waals surface area contributed by atoms with E-state index < -0.39 is 0 Å². The van der Waals surface area contributed by atoms with Crippen molar-refractivity contribution in [2.24, 2.45) is 29.1 Å². The largest absolute Gasteiger partial charge is 0.338 e. The third-order valence-electron chi connectivity index (χ3n) is 15.8. The van der Waals surface area contributed by atoms with Gasteiger partial charge in [-0.15, -0.1) is 0 Å². The number of anilines is 3. The molecule has 0 bridgehead atoms. The molecule has 0 radical (unpaired) electrons. The zero-order valence-electron chi connectivity index (χ0n) is 42.3. The standard InChI is InChI=1S/C67H72N2/c1-9-10-12-21-46(2)68(52-36-32-49(33-37-52)66(3,4)5)54-40-42-60-62(44-54)64(58-30-19-24-47-22-15-17-28-56(47)58)61-43-41-55(45-63(61)65(60)59-31-20-25-48-23-16-18-29-57(48)59)69(51-26-13-11-14-27-51)53-38-34-50(35-39-53)67(6,7)8/h9-14,16-19,21,23,25-30,32-36,38-44,47,52,56,58,63H,1,15,20,22,24,31,37,45H2,2-8H3/b12-10-,46-21+. The monoisotopic (exact) mass is 905 g/mol. The van der Waals surface area contributed by atoms with Crippen molar-refractivity contribution >= 4 is 39.9 Å². The van der Waals surface area contributed by atoms with Crippen molar-refractivity contribution in [2.75, 3.05) is 9.80 Å².